The number of likely N-dealkylation sites (tertiary alicyclic amines) is 1. The number of hydrogen-bond donors (Lipinski definition) is 3. The minimum atomic E-state index is -0.968. The molecule has 0 atom stereocenters. The van der Waals surface area contributed by atoms with Gasteiger partial charge in [0.2, 0.25) is 0 Å². The highest BCUT2D eigenvalue weighted by Gasteiger charge is 2.23. The van der Waals surface area contributed by atoms with Crippen molar-refractivity contribution in [2.45, 2.75) is 25.5 Å². The van der Waals surface area contributed by atoms with Crippen LogP contribution in [0.25, 0.3) is 0 Å². The van der Waals surface area contributed by atoms with Crippen molar-refractivity contribution in [3.63, 3.8) is 0 Å². The van der Waals surface area contributed by atoms with Crippen molar-refractivity contribution < 1.29 is 19.4 Å². The summed E-state index contributed by atoms with van der Waals surface area (Å²) in [4.78, 5) is 30.8. The maximum Gasteiger partial charge on any atom is 0.329 e. The van der Waals surface area contributed by atoms with Gasteiger partial charge in [0.25, 0.3) is 0 Å². The van der Waals surface area contributed by atoms with Crippen molar-refractivity contribution in [1.82, 2.24) is 20.2 Å². The number of carboxylic acid groups (broad SMARTS) is 1. The summed E-state index contributed by atoms with van der Waals surface area (Å²) < 4.78 is 5.22. The Balaban J connectivity index is 1.67. The third-order valence-electron chi connectivity index (χ3n) is 3.16. The molecule has 2 amide bonds. The van der Waals surface area contributed by atoms with Gasteiger partial charge in [-0.25, -0.2) is 14.6 Å². The molecule has 0 aliphatic carbocycles. The Morgan fingerprint density at radius 3 is 2.85 bits per heavy atom. The molecule has 3 N–H and O–H groups in total. The van der Waals surface area contributed by atoms with Crippen LogP contribution in [0.4, 0.5) is 4.79 Å². The minimum absolute atomic E-state index is 0.0808. The molecule has 1 saturated heterocycles. The number of rotatable bonds is 5. The molecule has 2 heterocycles. The number of nitrogens with one attached hydrogen (secondary N) is 2. The summed E-state index contributed by atoms with van der Waals surface area (Å²) in [5.41, 5.74) is 0.845. The van der Waals surface area contributed by atoms with E-state index in [-0.39, 0.29) is 18.7 Å². The van der Waals surface area contributed by atoms with Crippen LogP contribution in [0.5, 0.6) is 0 Å². The number of carbonyl (C=O) groups excluding carboxylic acids is 1. The van der Waals surface area contributed by atoms with Crippen molar-refractivity contribution in [2.24, 2.45) is 0 Å². The average molecular weight is 282 g/mol. The fraction of sp³-hybridized carbons (Fsp3) is 0.583. The molecule has 0 bridgehead atoms. The lowest BCUT2D eigenvalue weighted by Gasteiger charge is -2.31. The van der Waals surface area contributed by atoms with Crippen molar-refractivity contribution in [2.75, 3.05) is 19.7 Å². The molecule has 8 heteroatoms. The lowest BCUT2D eigenvalue weighted by molar-refractivity contribution is -0.145. The molecular formula is C12H18N4O4. The van der Waals surface area contributed by atoms with Crippen molar-refractivity contribution in [3.8, 4) is 0 Å². The first-order chi connectivity index (χ1) is 9.65. The minimum Gasteiger partial charge on any atom is -0.480 e. The van der Waals surface area contributed by atoms with E-state index >= 15 is 0 Å². The Kier molecular flexibility index (Phi) is 4.94. The van der Waals surface area contributed by atoms with Crippen LogP contribution in [0.15, 0.2) is 12.5 Å². The number of H-pyrrole nitrogens is 1. The standard InChI is InChI=1S/C12H18N4O4/c17-11(18)7-20-10-1-3-16(4-2-10)12(19)14-6-9-5-13-8-15-9/h5,8,10H,1-4,6-7H2,(H,13,15)(H,14,19)(H,17,18). The number of ether oxygens (including phenoxy) is 1. The number of carbonyl (C=O) groups is 2. The van der Waals surface area contributed by atoms with Crippen molar-refractivity contribution in [1.29, 1.82) is 0 Å². The van der Waals surface area contributed by atoms with E-state index in [4.69, 9.17) is 9.84 Å². The smallest absolute Gasteiger partial charge is 0.329 e. The van der Waals surface area contributed by atoms with E-state index in [2.05, 4.69) is 15.3 Å². The van der Waals surface area contributed by atoms with Crippen molar-refractivity contribution >= 4 is 12.0 Å². The van der Waals surface area contributed by atoms with E-state index in [0.717, 1.165) is 5.69 Å². The Labute approximate surface area is 116 Å². The highest BCUT2D eigenvalue weighted by molar-refractivity contribution is 5.74. The lowest BCUT2D eigenvalue weighted by Crippen LogP contribution is -2.45. The number of aliphatic carboxylic acids is 1. The third kappa shape index (κ3) is 4.23. The highest BCUT2D eigenvalue weighted by atomic mass is 16.5. The zero-order valence-corrected chi connectivity index (χ0v) is 11.0. The summed E-state index contributed by atoms with van der Waals surface area (Å²) in [7, 11) is 0. The first kappa shape index (κ1) is 14.3. The lowest BCUT2D eigenvalue weighted by atomic mass is 10.1. The first-order valence-electron chi connectivity index (χ1n) is 6.48. The van der Waals surface area contributed by atoms with Crippen molar-refractivity contribution in [3.05, 3.63) is 18.2 Å². The molecule has 1 aromatic heterocycles. The summed E-state index contributed by atoms with van der Waals surface area (Å²) >= 11 is 0. The molecule has 1 aliphatic rings. The SMILES string of the molecule is O=C(O)COC1CCN(C(=O)NCc2cnc[nH]2)CC1. The largest absolute Gasteiger partial charge is 0.480 e. The van der Waals surface area contributed by atoms with Gasteiger partial charge in [-0.05, 0) is 12.8 Å². The quantitative estimate of drug-likeness (QED) is 0.714. The Morgan fingerprint density at radius 1 is 1.50 bits per heavy atom. The predicted molar refractivity (Wildman–Crippen MR) is 69.0 cm³/mol. The van der Waals surface area contributed by atoms with Gasteiger partial charge in [0.15, 0.2) is 0 Å². The number of hydrogen-bond acceptors (Lipinski definition) is 4. The van der Waals surface area contributed by atoms with Crippen LogP contribution in [0, 0.1) is 0 Å². The van der Waals surface area contributed by atoms with Gasteiger partial charge in [0.05, 0.1) is 24.7 Å². The third-order valence-corrected chi connectivity index (χ3v) is 3.16. The Morgan fingerprint density at radius 2 is 2.25 bits per heavy atom. The Bertz CT molecular complexity index is 440. The number of nitrogens with zero attached hydrogens (tertiary/aromatic N) is 2. The van der Waals surface area contributed by atoms with Crippen LogP contribution < -0.4 is 5.32 Å². The summed E-state index contributed by atoms with van der Waals surface area (Å²) in [6.07, 6.45) is 4.46. The summed E-state index contributed by atoms with van der Waals surface area (Å²) in [5.74, 6) is -0.968. The van der Waals surface area contributed by atoms with Gasteiger partial charge in [0.1, 0.15) is 6.61 Å². The van der Waals surface area contributed by atoms with E-state index in [1.807, 2.05) is 0 Å². The van der Waals surface area contributed by atoms with Crippen LogP contribution in [0.3, 0.4) is 0 Å². The zero-order chi connectivity index (χ0) is 14.4. The zero-order valence-electron chi connectivity index (χ0n) is 11.0. The van der Waals surface area contributed by atoms with Gasteiger partial charge < -0.3 is 25.0 Å². The van der Waals surface area contributed by atoms with Gasteiger partial charge in [-0.3, -0.25) is 0 Å². The monoisotopic (exact) mass is 282 g/mol. The number of aromatic nitrogens is 2. The fourth-order valence-corrected chi connectivity index (χ4v) is 2.08. The maximum absolute atomic E-state index is 11.9. The molecule has 0 unspecified atom stereocenters. The predicted octanol–water partition coefficient (Wildman–Crippen LogP) is 0.185. The first-order valence-corrected chi connectivity index (χ1v) is 6.48. The van der Waals surface area contributed by atoms with Gasteiger partial charge in [0, 0.05) is 19.3 Å². The van der Waals surface area contributed by atoms with Crippen LogP contribution in [0.1, 0.15) is 18.5 Å². The molecular weight excluding hydrogens is 264 g/mol. The van der Waals surface area contributed by atoms with Gasteiger partial charge >= 0.3 is 12.0 Å². The summed E-state index contributed by atoms with van der Waals surface area (Å²) in [6.45, 7) is 1.27. The second-order valence-electron chi connectivity index (χ2n) is 4.63. The summed E-state index contributed by atoms with van der Waals surface area (Å²) in [6, 6.07) is -0.128. The van der Waals surface area contributed by atoms with Crippen LogP contribution in [-0.2, 0) is 16.1 Å². The molecule has 8 nitrogen and oxygen atoms in total. The van der Waals surface area contributed by atoms with Gasteiger partial charge in [-0.2, -0.15) is 0 Å². The number of imidazole rings is 1. The van der Waals surface area contributed by atoms with E-state index in [0.29, 0.717) is 32.5 Å². The molecule has 20 heavy (non-hydrogen) atoms. The topological polar surface area (TPSA) is 108 Å². The molecule has 1 aliphatic heterocycles. The molecule has 0 saturated carbocycles. The molecule has 0 aromatic carbocycles. The highest BCUT2D eigenvalue weighted by Crippen LogP contribution is 2.13. The second-order valence-corrected chi connectivity index (χ2v) is 4.63. The van der Waals surface area contributed by atoms with E-state index in [9.17, 15) is 9.59 Å². The van der Waals surface area contributed by atoms with E-state index in [1.165, 1.54) is 0 Å². The fourth-order valence-electron chi connectivity index (χ4n) is 2.08. The van der Waals surface area contributed by atoms with Crippen LogP contribution >= 0.6 is 0 Å². The molecule has 1 fully saturated rings. The molecule has 110 valence electrons. The number of amides is 2. The number of carboxylic acids is 1. The van der Waals surface area contributed by atoms with Gasteiger partial charge in [-0.1, -0.05) is 0 Å². The number of aromatic amines is 1. The van der Waals surface area contributed by atoms with E-state index < -0.39 is 5.97 Å². The van der Waals surface area contributed by atoms with Gasteiger partial charge in [-0.15, -0.1) is 0 Å². The van der Waals surface area contributed by atoms with E-state index in [1.54, 1.807) is 17.4 Å². The molecule has 2 rings (SSSR count). The molecule has 1 aromatic rings. The normalized spacial score (nSPS) is 16.1. The Hall–Kier alpha value is -2.09. The number of urea groups is 1. The average Bonchev–Trinajstić information content (AvgIpc) is 2.96. The molecule has 0 spiro atoms. The summed E-state index contributed by atoms with van der Waals surface area (Å²) in [5, 5.41) is 11.3. The second kappa shape index (κ2) is 6.90. The maximum atomic E-state index is 11.9. The number of piperidine rings is 1. The molecule has 0 radical (unpaired) electrons. The van der Waals surface area contributed by atoms with Crippen LogP contribution in [0.2, 0.25) is 0 Å². The van der Waals surface area contributed by atoms with Crippen LogP contribution in [-0.4, -0.2) is 57.8 Å².